The van der Waals surface area contributed by atoms with Crippen LogP contribution in [0.15, 0.2) is 51.4 Å². The van der Waals surface area contributed by atoms with Crippen molar-refractivity contribution in [2.75, 3.05) is 7.05 Å². The summed E-state index contributed by atoms with van der Waals surface area (Å²) in [6.07, 6.45) is 1.13. The lowest BCUT2D eigenvalue weighted by molar-refractivity contribution is 0.645. The molecule has 0 radical (unpaired) electrons. The highest BCUT2D eigenvalue weighted by Gasteiger charge is 2.15. The molecular formula is C18H21Br2N. The van der Waals surface area contributed by atoms with Crippen molar-refractivity contribution >= 4 is 31.9 Å². The second-order valence-corrected chi connectivity index (χ2v) is 7.50. The Kier molecular flexibility index (Phi) is 6.03. The minimum atomic E-state index is 0.185. The largest absolute Gasteiger partial charge is 0.309 e. The lowest BCUT2D eigenvalue weighted by atomic mass is 9.96. The minimum Gasteiger partial charge on any atom is -0.309 e. The van der Waals surface area contributed by atoms with Gasteiger partial charge in [0.2, 0.25) is 0 Å². The van der Waals surface area contributed by atoms with Crippen molar-refractivity contribution in [3.05, 3.63) is 68.1 Å². The highest BCUT2D eigenvalue weighted by atomic mass is 79.9. The summed E-state index contributed by atoms with van der Waals surface area (Å²) in [5.74, 6) is 0.690. The first-order chi connectivity index (χ1) is 10.0. The third kappa shape index (κ3) is 4.41. The van der Waals surface area contributed by atoms with Gasteiger partial charge in [-0.3, -0.25) is 0 Å². The normalized spacial score (nSPS) is 12.7. The van der Waals surface area contributed by atoms with Gasteiger partial charge in [0.1, 0.15) is 0 Å². The van der Waals surface area contributed by atoms with Crippen LogP contribution in [-0.2, 0) is 6.42 Å². The van der Waals surface area contributed by atoms with Crippen LogP contribution in [0, 0.1) is 5.92 Å². The van der Waals surface area contributed by atoms with Crippen LogP contribution in [0.1, 0.15) is 36.6 Å². The summed E-state index contributed by atoms with van der Waals surface area (Å²) in [7, 11) is 2.00. The fraction of sp³-hybridized carbons (Fsp3) is 0.333. The molecule has 0 aliphatic heterocycles. The van der Waals surface area contributed by atoms with Gasteiger partial charge in [0.15, 0.2) is 0 Å². The summed E-state index contributed by atoms with van der Waals surface area (Å²) >= 11 is 7.21. The molecule has 2 aromatic carbocycles. The Bertz CT molecular complexity index is 591. The Morgan fingerprint density at radius 1 is 1.00 bits per heavy atom. The van der Waals surface area contributed by atoms with E-state index in [9.17, 15) is 0 Å². The number of halogens is 2. The quantitative estimate of drug-likeness (QED) is 0.664. The van der Waals surface area contributed by atoms with Crippen molar-refractivity contribution in [2.24, 2.45) is 5.92 Å². The van der Waals surface area contributed by atoms with E-state index in [1.54, 1.807) is 0 Å². The molecule has 1 atom stereocenters. The molecule has 0 heterocycles. The number of rotatable bonds is 5. The molecule has 0 spiro atoms. The van der Waals surface area contributed by atoms with Crippen LogP contribution in [-0.4, -0.2) is 7.05 Å². The first-order valence-corrected chi connectivity index (χ1v) is 8.81. The van der Waals surface area contributed by atoms with E-state index in [4.69, 9.17) is 0 Å². The summed E-state index contributed by atoms with van der Waals surface area (Å²) in [5.41, 5.74) is 3.92. The molecule has 0 bridgehead atoms. The molecule has 0 saturated carbocycles. The topological polar surface area (TPSA) is 12.0 Å². The maximum atomic E-state index is 3.66. The van der Waals surface area contributed by atoms with Crippen molar-refractivity contribution in [3.8, 4) is 0 Å². The van der Waals surface area contributed by atoms with Gasteiger partial charge in [-0.1, -0.05) is 70.0 Å². The molecule has 2 rings (SSSR count). The smallest absolute Gasteiger partial charge is 0.0585 e. The second kappa shape index (κ2) is 7.57. The van der Waals surface area contributed by atoms with E-state index in [0.29, 0.717) is 5.92 Å². The van der Waals surface area contributed by atoms with Crippen LogP contribution in [0.5, 0.6) is 0 Å². The van der Waals surface area contributed by atoms with Gasteiger partial charge in [-0.25, -0.2) is 0 Å². The van der Waals surface area contributed by atoms with Crippen molar-refractivity contribution in [1.29, 1.82) is 0 Å². The molecule has 1 N–H and O–H groups in total. The monoisotopic (exact) mass is 409 g/mol. The summed E-state index contributed by atoms with van der Waals surface area (Å²) in [6.45, 7) is 4.51. The predicted molar refractivity (Wildman–Crippen MR) is 97.7 cm³/mol. The lowest BCUT2D eigenvalue weighted by Crippen LogP contribution is -2.18. The Morgan fingerprint density at radius 2 is 1.67 bits per heavy atom. The second-order valence-electron chi connectivity index (χ2n) is 5.73. The van der Waals surface area contributed by atoms with E-state index < -0.39 is 0 Å². The molecule has 0 aliphatic rings. The summed E-state index contributed by atoms with van der Waals surface area (Å²) in [4.78, 5) is 0. The molecule has 0 amide bonds. The number of hydrogen-bond acceptors (Lipinski definition) is 1. The maximum absolute atomic E-state index is 3.66. The van der Waals surface area contributed by atoms with Crippen LogP contribution in [0.2, 0.25) is 0 Å². The molecular weight excluding hydrogens is 390 g/mol. The van der Waals surface area contributed by atoms with E-state index in [-0.39, 0.29) is 6.04 Å². The van der Waals surface area contributed by atoms with Gasteiger partial charge < -0.3 is 5.32 Å². The molecule has 1 unspecified atom stereocenters. The fourth-order valence-corrected chi connectivity index (χ4v) is 3.41. The number of nitrogens with one attached hydrogen (secondary N) is 1. The van der Waals surface area contributed by atoms with Gasteiger partial charge in [0.05, 0.1) is 6.04 Å². The molecule has 2 aromatic rings. The molecule has 0 aliphatic carbocycles. The van der Waals surface area contributed by atoms with Crippen LogP contribution in [0.4, 0.5) is 0 Å². The maximum Gasteiger partial charge on any atom is 0.0585 e. The minimum absolute atomic E-state index is 0.185. The van der Waals surface area contributed by atoms with Crippen molar-refractivity contribution < 1.29 is 0 Å². The summed E-state index contributed by atoms with van der Waals surface area (Å²) < 4.78 is 2.22. The Morgan fingerprint density at radius 3 is 2.24 bits per heavy atom. The zero-order chi connectivity index (χ0) is 15.4. The predicted octanol–water partition coefficient (Wildman–Crippen LogP) is 5.72. The molecule has 21 heavy (non-hydrogen) atoms. The third-order valence-electron chi connectivity index (χ3n) is 3.51. The highest BCUT2D eigenvalue weighted by molar-refractivity contribution is 9.11. The average Bonchev–Trinajstić information content (AvgIpc) is 2.44. The average molecular weight is 411 g/mol. The van der Waals surface area contributed by atoms with Gasteiger partial charge in [0.25, 0.3) is 0 Å². The van der Waals surface area contributed by atoms with Gasteiger partial charge >= 0.3 is 0 Å². The standard InChI is InChI=1S/C18H21Br2N/c1-12(2)10-13-4-6-14(7-5-13)18(21-3)16-11-15(19)8-9-17(16)20/h4-9,11-12,18,21H,10H2,1-3H3. The molecule has 0 fully saturated rings. The van der Waals surface area contributed by atoms with Crippen molar-refractivity contribution in [1.82, 2.24) is 5.32 Å². The van der Waals surface area contributed by atoms with E-state index in [0.717, 1.165) is 15.4 Å². The van der Waals surface area contributed by atoms with Crippen LogP contribution in [0.3, 0.4) is 0 Å². The number of benzene rings is 2. The molecule has 0 saturated heterocycles. The van der Waals surface area contributed by atoms with E-state index >= 15 is 0 Å². The molecule has 0 aromatic heterocycles. The molecule has 112 valence electrons. The lowest BCUT2D eigenvalue weighted by Gasteiger charge is -2.19. The van der Waals surface area contributed by atoms with Crippen LogP contribution < -0.4 is 5.32 Å². The van der Waals surface area contributed by atoms with E-state index in [2.05, 4.69) is 87.4 Å². The van der Waals surface area contributed by atoms with Gasteiger partial charge in [0, 0.05) is 8.95 Å². The first kappa shape index (κ1) is 16.7. The van der Waals surface area contributed by atoms with E-state index in [1.165, 1.54) is 16.7 Å². The number of hydrogen-bond donors (Lipinski definition) is 1. The van der Waals surface area contributed by atoms with Crippen molar-refractivity contribution in [2.45, 2.75) is 26.3 Å². The zero-order valence-corrected chi connectivity index (χ0v) is 15.8. The first-order valence-electron chi connectivity index (χ1n) is 7.22. The van der Waals surface area contributed by atoms with Crippen LogP contribution >= 0.6 is 31.9 Å². The highest BCUT2D eigenvalue weighted by Crippen LogP contribution is 2.31. The van der Waals surface area contributed by atoms with Crippen LogP contribution in [0.25, 0.3) is 0 Å². The van der Waals surface area contributed by atoms with E-state index in [1.807, 2.05) is 13.1 Å². The molecule has 3 heteroatoms. The van der Waals surface area contributed by atoms with Gasteiger partial charge in [-0.2, -0.15) is 0 Å². The Balaban J connectivity index is 2.31. The van der Waals surface area contributed by atoms with Crippen molar-refractivity contribution in [3.63, 3.8) is 0 Å². The Labute approximate surface area is 144 Å². The van der Waals surface area contributed by atoms with Gasteiger partial charge in [-0.05, 0) is 54.3 Å². The fourth-order valence-electron chi connectivity index (χ4n) is 2.56. The Hall–Kier alpha value is -0.640. The van der Waals surface area contributed by atoms with Gasteiger partial charge in [-0.15, -0.1) is 0 Å². The SMILES string of the molecule is CNC(c1ccc(CC(C)C)cc1)c1cc(Br)ccc1Br. The summed E-state index contributed by atoms with van der Waals surface area (Å²) in [5, 5.41) is 3.41. The summed E-state index contributed by atoms with van der Waals surface area (Å²) in [6, 6.07) is 15.4. The molecule has 1 nitrogen and oxygen atoms in total. The third-order valence-corrected chi connectivity index (χ3v) is 4.73. The zero-order valence-electron chi connectivity index (χ0n) is 12.7.